The number of halogens is 4. The molecule has 3 aromatic carbocycles. The van der Waals surface area contributed by atoms with Crippen LogP contribution >= 0.6 is 0 Å². The molecule has 1 amide bonds. The summed E-state index contributed by atoms with van der Waals surface area (Å²) in [5.41, 5.74) is 3.21. The minimum atomic E-state index is -4.57. The number of hydrogen-bond donors (Lipinski definition) is 1. The molecule has 12 heteroatoms. The number of nitrogens with zero attached hydrogens (tertiary/aromatic N) is 2. The summed E-state index contributed by atoms with van der Waals surface area (Å²) >= 11 is 0. The van der Waals surface area contributed by atoms with E-state index in [-0.39, 0.29) is 42.9 Å². The predicted octanol–water partition coefficient (Wildman–Crippen LogP) is 5.90. The van der Waals surface area contributed by atoms with Crippen LogP contribution in [0.15, 0.2) is 65.7 Å². The lowest BCUT2D eigenvalue weighted by Crippen LogP contribution is -2.33. The maximum absolute atomic E-state index is 15.1. The highest BCUT2D eigenvalue weighted by molar-refractivity contribution is 7.90. The van der Waals surface area contributed by atoms with E-state index in [4.69, 9.17) is 4.74 Å². The first-order valence-corrected chi connectivity index (χ1v) is 14.6. The van der Waals surface area contributed by atoms with Crippen LogP contribution in [-0.4, -0.2) is 48.6 Å². The van der Waals surface area contributed by atoms with Gasteiger partial charge in [-0.25, -0.2) is 17.8 Å². The van der Waals surface area contributed by atoms with Crippen molar-refractivity contribution in [3.8, 4) is 28.1 Å². The zero-order valence-electron chi connectivity index (χ0n) is 22.0. The van der Waals surface area contributed by atoms with Crippen LogP contribution in [0.5, 0.6) is 5.75 Å². The lowest BCUT2D eigenvalue weighted by atomic mass is 10.00. The number of imidazole rings is 1. The second-order valence-corrected chi connectivity index (χ2v) is 11.6. The fourth-order valence-corrected chi connectivity index (χ4v) is 5.57. The number of aromatic amines is 1. The van der Waals surface area contributed by atoms with Crippen LogP contribution in [0.4, 0.5) is 17.6 Å². The van der Waals surface area contributed by atoms with Crippen molar-refractivity contribution < 1.29 is 35.5 Å². The van der Waals surface area contributed by atoms with Crippen molar-refractivity contribution in [3.63, 3.8) is 0 Å². The SMILES string of the molecule is CCc1c(C(=O)N2CCOc3ccc(-c4ccc(-c5cnc(C(F)(F)F)[nH]5)cc4)cc3C2)ccc(S(C)(=O)=O)c1F. The lowest BCUT2D eigenvalue weighted by Gasteiger charge is -2.22. The monoisotopic (exact) mass is 587 g/mol. The first-order valence-electron chi connectivity index (χ1n) is 12.7. The number of nitrogens with one attached hydrogen (secondary N) is 1. The summed E-state index contributed by atoms with van der Waals surface area (Å²) < 4.78 is 83.5. The maximum atomic E-state index is 15.1. The summed E-state index contributed by atoms with van der Waals surface area (Å²) in [4.78, 5) is 20.3. The number of fused-ring (bicyclic) bond motifs is 1. The molecule has 1 aromatic heterocycles. The van der Waals surface area contributed by atoms with Gasteiger partial charge in [-0.3, -0.25) is 4.79 Å². The Morgan fingerprint density at radius 2 is 1.73 bits per heavy atom. The number of hydrogen-bond acceptors (Lipinski definition) is 5. The van der Waals surface area contributed by atoms with Gasteiger partial charge in [-0.1, -0.05) is 37.3 Å². The highest BCUT2D eigenvalue weighted by atomic mass is 32.2. The van der Waals surface area contributed by atoms with Gasteiger partial charge in [0.1, 0.15) is 23.1 Å². The summed E-state index contributed by atoms with van der Waals surface area (Å²) in [7, 11) is -3.80. The quantitative estimate of drug-likeness (QED) is 0.294. The van der Waals surface area contributed by atoms with Crippen molar-refractivity contribution >= 4 is 15.7 Å². The number of carbonyl (C=O) groups is 1. The summed E-state index contributed by atoms with van der Waals surface area (Å²) in [6, 6.07) is 14.9. The molecular weight excluding hydrogens is 562 g/mol. The number of sulfone groups is 1. The number of benzene rings is 3. The molecule has 1 aliphatic heterocycles. The van der Waals surface area contributed by atoms with Gasteiger partial charge in [0.05, 0.1) is 18.4 Å². The average molecular weight is 588 g/mol. The molecule has 41 heavy (non-hydrogen) atoms. The lowest BCUT2D eigenvalue weighted by molar-refractivity contribution is -0.144. The fraction of sp³-hybridized carbons (Fsp3) is 0.241. The molecule has 0 atom stereocenters. The molecule has 0 saturated carbocycles. The molecular formula is C29H25F4N3O4S. The molecule has 0 spiro atoms. The van der Waals surface area contributed by atoms with Gasteiger partial charge in [-0.2, -0.15) is 13.2 Å². The molecule has 1 N–H and O–H groups in total. The Balaban J connectivity index is 1.41. The molecule has 1 aliphatic rings. The number of carbonyl (C=O) groups excluding carboxylic acids is 1. The standard InChI is InChI=1S/C29H25F4N3O4S/c1-3-21-22(9-11-25(26(21)30)41(2,38)39)27(37)36-12-13-40-24-10-8-19(14-20(24)16-36)17-4-6-18(7-5-17)23-15-34-28(35-23)29(31,32)33/h4-11,14-15H,3,12-13,16H2,1-2H3,(H,34,35). The molecule has 214 valence electrons. The van der Waals surface area contributed by atoms with E-state index in [1.165, 1.54) is 11.0 Å². The van der Waals surface area contributed by atoms with Gasteiger partial charge in [0, 0.05) is 29.5 Å². The molecule has 0 saturated heterocycles. The zero-order valence-corrected chi connectivity index (χ0v) is 22.9. The van der Waals surface area contributed by atoms with Gasteiger partial charge >= 0.3 is 6.18 Å². The second-order valence-electron chi connectivity index (χ2n) is 9.65. The van der Waals surface area contributed by atoms with E-state index >= 15 is 4.39 Å². The van der Waals surface area contributed by atoms with E-state index in [2.05, 4.69) is 9.97 Å². The third-order valence-electron chi connectivity index (χ3n) is 6.89. The Morgan fingerprint density at radius 1 is 1.05 bits per heavy atom. The van der Waals surface area contributed by atoms with E-state index in [1.54, 1.807) is 37.3 Å². The topological polar surface area (TPSA) is 92.4 Å². The zero-order chi connectivity index (χ0) is 29.5. The van der Waals surface area contributed by atoms with E-state index in [9.17, 15) is 26.4 Å². The van der Waals surface area contributed by atoms with Crippen molar-refractivity contribution in [1.82, 2.24) is 14.9 Å². The molecule has 4 aromatic rings. The molecule has 7 nitrogen and oxygen atoms in total. The van der Waals surface area contributed by atoms with Gasteiger partial charge in [-0.05, 0) is 47.4 Å². The molecule has 0 fully saturated rings. The fourth-order valence-electron chi connectivity index (χ4n) is 4.80. The van der Waals surface area contributed by atoms with Crippen LogP contribution in [0.2, 0.25) is 0 Å². The van der Waals surface area contributed by atoms with Gasteiger partial charge in [0.15, 0.2) is 9.84 Å². The van der Waals surface area contributed by atoms with Crippen molar-refractivity contribution in [2.24, 2.45) is 0 Å². The molecule has 0 bridgehead atoms. The summed E-state index contributed by atoms with van der Waals surface area (Å²) in [5.74, 6) is -1.83. The van der Waals surface area contributed by atoms with Gasteiger partial charge in [0.2, 0.25) is 5.82 Å². The number of ether oxygens (including phenoxy) is 1. The number of H-pyrrole nitrogens is 1. The highest BCUT2D eigenvalue weighted by Gasteiger charge is 2.34. The van der Waals surface area contributed by atoms with E-state index in [0.29, 0.717) is 16.9 Å². The molecule has 0 aliphatic carbocycles. The Kier molecular flexibility index (Phi) is 7.37. The van der Waals surface area contributed by atoms with Crippen LogP contribution in [0.25, 0.3) is 22.4 Å². The van der Waals surface area contributed by atoms with E-state index in [1.807, 2.05) is 12.1 Å². The highest BCUT2D eigenvalue weighted by Crippen LogP contribution is 2.33. The number of amides is 1. The summed E-state index contributed by atoms with van der Waals surface area (Å²) in [5, 5.41) is 0. The molecule has 2 heterocycles. The number of alkyl halides is 3. The summed E-state index contributed by atoms with van der Waals surface area (Å²) in [6.07, 6.45) is -2.38. The van der Waals surface area contributed by atoms with Gasteiger partial charge in [-0.15, -0.1) is 0 Å². The Bertz CT molecular complexity index is 1730. The molecule has 0 unspecified atom stereocenters. The van der Waals surface area contributed by atoms with Crippen molar-refractivity contribution in [2.45, 2.75) is 31.0 Å². The third kappa shape index (κ3) is 5.69. The van der Waals surface area contributed by atoms with E-state index in [0.717, 1.165) is 29.6 Å². The first-order chi connectivity index (χ1) is 19.4. The predicted molar refractivity (Wildman–Crippen MR) is 144 cm³/mol. The normalized spacial score (nSPS) is 13.9. The van der Waals surface area contributed by atoms with E-state index < -0.39 is 38.5 Å². The average Bonchev–Trinajstić information content (AvgIpc) is 3.34. The van der Waals surface area contributed by atoms with Crippen molar-refractivity contribution in [3.05, 3.63) is 89.1 Å². The Hall–Kier alpha value is -4.19. The minimum absolute atomic E-state index is 0.0387. The maximum Gasteiger partial charge on any atom is 0.449 e. The number of aromatic nitrogens is 2. The number of rotatable bonds is 5. The van der Waals surface area contributed by atoms with Crippen LogP contribution in [-0.2, 0) is 29.0 Å². The Morgan fingerprint density at radius 3 is 2.37 bits per heavy atom. The minimum Gasteiger partial charge on any atom is -0.491 e. The second kappa shape index (κ2) is 10.7. The smallest absolute Gasteiger partial charge is 0.449 e. The van der Waals surface area contributed by atoms with Crippen molar-refractivity contribution in [2.75, 3.05) is 19.4 Å². The molecule has 0 radical (unpaired) electrons. The van der Waals surface area contributed by atoms with Crippen LogP contribution < -0.4 is 4.74 Å². The van der Waals surface area contributed by atoms with Gasteiger partial charge < -0.3 is 14.6 Å². The van der Waals surface area contributed by atoms with Crippen LogP contribution in [0.3, 0.4) is 0 Å². The van der Waals surface area contributed by atoms with Crippen molar-refractivity contribution in [1.29, 1.82) is 0 Å². The van der Waals surface area contributed by atoms with Crippen LogP contribution in [0, 0.1) is 5.82 Å². The first kappa shape index (κ1) is 28.3. The third-order valence-corrected chi connectivity index (χ3v) is 8.01. The molecule has 5 rings (SSSR count). The van der Waals surface area contributed by atoms with Crippen LogP contribution in [0.1, 0.15) is 34.2 Å². The van der Waals surface area contributed by atoms with Gasteiger partial charge in [0.25, 0.3) is 5.91 Å². The Labute approximate surface area is 233 Å². The summed E-state index contributed by atoms with van der Waals surface area (Å²) in [6.45, 7) is 2.27. The largest absolute Gasteiger partial charge is 0.491 e.